The Labute approximate surface area is 154 Å². The topological polar surface area (TPSA) is 61.9 Å². The summed E-state index contributed by atoms with van der Waals surface area (Å²) >= 11 is 0. The Kier molecular flexibility index (Phi) is 4.71. The fraction of sp³-hybridized carbons (Fsp3) is 0.600. The van der Waals surface area contributed by atoms with E-state index in [4.69, 9.17) is 4.74 Å². The van der Waals surface area contributed by atoms with Crippen LogP contribution in [0.1, 0.15) is 30.9 Å². The third-order valence-corrected chi connectivity index (χ3v) is 6.14. The van der Waals surface area contributed by atoms with Crippen molar-refractivity contribution >= 4 is 11.8 Å². The van der Waals surface area contributed by atoms with Gasteiger partial charge in [-0.1, -0.05) is 31.2 Å². The number of amides is 2. The van der Waals surface area contributed by atoms with Crippen LogP contribution in [0.15, 0.2) is 24.3 Å². The lowest BCUT2D eigenvalue weighted by atomic mass is 9.88. The van der Waals surface area contributed by atoms with E-state index in [1.54, 1.807) is 0 Å². The van der Waals surface area contributed by atoms with Crippen molar-refractivity contribution in [2.75, 3.05) is 32.8 Å². The van der Waals surface area contributed by atoms with Crippen molar-refractivity contribution in [3.05, 3.63) is 35.4 Å². The number of piperidine rings is 1. The molecule has 1 unspecified atom stereocenters. The van der Waals surface area contributed by atoms with E-state index in [0.29, 0.717) is 19.6 Å². The Bertz CT molecular complexity index is 685. The second-order valence-electron chi connectivity index (χ2n) is 7.63. The van der Waals surface area contributed by atoms with E-state index in [2.05, 4.69) is 41.4 Å². The van der Waals surface area contributed by atoms with Gasteiger partial charge in [-0.2, -0.15) is 0 Å². The summed E-state index contributed by atoms with van der Waals surface area (Å²) in [4.78, 5) is 28.8. The highest BCUT2D eigenvalue weighted by Gasteiger charge is 2.42. The molecule has 140 valence electrons. The molecule has 3 aliphatic heterocycles. The molecule has 0 aromatic heterocycles. The third kappa shape index (κ3) is 3.23. The summed E-state index contributed by atoms with van der Waals surface area (Å²) in [6.45, 7) is 5.93. The molecule has 26 heavy (non-hydrogen) atoms. The zero-order chi connectivity index (χ0) is 18.1. The second kappa shape index (κ2) is 7.00. The van der Waals surface area contributed by atoms with Crippen LogP contribution in [0.4, 0.5) is 0 Å². The monoisotopic (exact) mass is 357 g/mol. The average Bonchev–Trinajstić information content (AvgIpc) is 2.69. The molecule has 1 aromatic rings. The number of benzene rings is 1. The molecule has 2 saturated heterocycles. The molecule has 6 heteroatoms. The van der Waals surface area contributed by atoms with Crippen LogP contribution in [0.2, 0.25) is 0 Å². The summed E-state index contributed by atoms with van der Waals surface area (Å²) in [6, 6.07) is 8.36. The predicted molar refractivity (Wildman–Crippen MR) is 97.5 cm³/mol. The number of ether oxygens (including phenoxy) is 1. The number of likely N-dealkylation sites (N-methyl/N-ethyl adjacent to an activating group) is 1. The summed E-state index contributed by atoms with van der Waals surface area (Å²) in [5, 5.41) is 2.90. The van der Waals surface area contributed by atoms with Crippen LogP contribution in [-0.4, -0.2) is 66.0 Å². The fourth-order valence-corrected chi connectivity index (χ4v) is 4.40. The number of likely N-dealkylation sites (tertiary alicyclic amines) is 1. The van der Waals surface area contributed by atoms with Crippen molar-refractivity contribution in [3.8, 4) is 0 Å². The number of hydrogen-bond donors (Lipinski definition) is 1. The normalized spacial score (nSPS) is 25.7. The van der Waals surface area contributed by atoms with Gasteiger partial charge in [0.15, 0.2) is 0 Å². The van der Waals surface area contributed by atoms with E-state index < -0.39 is 0 Å². The van der Waals surface area contributed by atoms with Gasteiger partial charge in [-0.3, -0.25) is 14.5 Å². The van der Waals surface area contributed by atoms with Crippen molar-refractivity contribution in [3.63, 3.8) is 0 Å². The maximum absolute atomic E-state index is 13.2. The Balaban J connectivity index is 1.42. The molecule has 0 saturated carbocycles. The first-order valence-corrected chi connectivity index (χ1v) is 9.60. The second-order valence-corrected chi connectivity index (χ2v) is 7.63. The molecule has 1 atom stereocenters. The van der Waals surface area contributed by atoms with Gasteiger partial charge in [-0.25, -0.2) is 0 Å². The summed E-state index contributed by atoms with van der Waals surface area (Å²) < 4.78 is 5.82. The number of fused-ring (bicyclic) bond motifs is 1. The lowest BCUT2D eigenvalue weighted by molar-refractivity contribution is -0.156. The van der Waals surface area contributed by atoms with E-state index in [1.165, 1.54) is 11.1 Å². The van der Waals surface area contributed by atoms with Crippen LogP contribution < -0.4 is 5.32 Å². The molecule has 1 spiro atoms. The van der Waals surface area contributed by atoms with Crippen molar-refractivity contribution in [1.29, 1.82) is 0 Å². The number of carbonyl (C=O) groups is 2. The molecule has 0 radical (unpaired) electrons. The Morgan fingerprint density at radius 3 is 2.65 bits per heavy atom. The summed E-state index contributed by atoms with van der Waals surface area (Å²) in [5.74, 6) is 0.185. The number of hydrogen-bond acceptors (Lipinski definition) is 4. The van der Waals surface area contributed by atoms with Crippen LogP contribution in [-0.2, 0) is 27.3 Å². The van der Waals surface area contributed by atoms with E-state index in [0.717, 1.165) is 32.4 Å². The predicted octanol–water partition coefficient (Wildman–Crippen LogP) is 0.941. The molecule has 2 fully saturated rings. The summed E-state index contributed by atoms with van der Waals surface area (Å²) in [6.07, 6.45) is 2.36. The highest BCUT2D eigenvalue weighted by Crippen LogP contribution is 2.30. The largest absolute Gasteiger partial charge is 0.363 e. The number of nitrogens with zero attached hydrogens (tertiary/aromatic N) is 2. The number of rotatable bonds is 2. The first-order valence-electron chi connectivity index (χ1n) is 9.60. The quantitative estimate of drug-likeness (QED) is 0.856. The maximum Gasteiger partial charge on any atom is 0.246 e. The van der Waals surface area contributed by atoms with E-state index in [-0.39, 0.29) is 30.1 Å². The average molecular weight is 357 g/mol. The van der Waals surface area contributed by atoms with Crippen molar-refractivity contribution in [2.45, 2.75) is 44.4 Å². The minimum absolute atomic E-state index is 0.0476. The van der Waals surface area contributed by atoms with Gasteiger partial charge in [0.1, 0.15) is 6.61 Å². The van der Waals surface area contributed by atoms with Crippen LogP contribution in [0.3, 0.4) is 0 Å². The molecule has 6 nitrogen and oxygen atoms in total. The Morgan fingerprint density at radius 1 is 1.27 bits per heavy atom. The molecular weight excluding hydrogens is 330 g/mol. The Hall–Kier alpha value is -1.92. The fourth-order valence-electron chi connectivity index (χ4n) is 4.40. The maximum atomic E-state index is 13.2. The standard InChI is InChI=1S/C20H27N3O3/c1-2-22-12-16-6-4-3-5-15(16)11-17(22)19(25)23-9-7-20(8-10-23)14-21-18(24)13-26-20/h3-6,17H,2,7-14H2,1H3,(H,21,24). The molecule has 3 aliphatic rings. The number of carbonyl (C=O) groups excluding carboxylic acids is 2. The van der Waals surface area contributed by atoms with E-state index in [1.807, 2.05) is 4.90 Å². The number of morpholine rings is 1. The van der Waals surface area contributed by atoms with Gasteiger partial charge in [0.25, 0.3) is 0 Å². The van der Waals surface area contributed by atoms with Crippen molar-refractivity contribution in [1.82, 2.24) is 15.1 Å². The van der Waals surface area contributed by atoms with Gasteiger partial charge in [-0.05, 0) is 36.9 Å². The lowest BCUT2D eigenvalue weighted by Crippen LogP contribution is -2.60. The smallest absolute Gasteiger partial charge is 0.246 e. The van der Waals surface area contributed by atoms with E-state index in [9.17, 15) is 9.59 Å². The first kappa shape index (κ1) is 17.5. The minimum atomic E-state index is -0.283. The minimum Gasteiger partial charge on any atom is -0.363 e. The zero-order valence-electron chi connectivity index (χ0n) is 15.4. The molecule has 3 heterocycles. The highest BCUT2D eigenvalue weighted by molar-refractivity contribution is 5.83. The van der Waals surface area contributed by atoms with Crippen molar-refractivity contribution < 1.29 is 14.3 Å². The Morgan fingerprint density at radius 2 is 2.00 bits per heavy atom. The van der Waals surface area contributed by atoms with Gasteiger partial charge in [-0.15, -0.1) is 0 Å². The lowest BCUT2D eigenvalue weighted by Gasteiger charge is -2.45. The summed E-state index contributed by atoms with van der Waals surface area (Å²) in [5.41, 5.74) is 2.35. The molecule has 4 rings (SSSR count). The third-order valence-electron chi connectivity index (χ3n) is 6.14. The molecular formula is C20H27N3O3. The molecule has 0 aliphatic carbocycles. The highest BCUT2D eigenvalue weighted by atomic mass is 16.5. The molecule has 2 amide bonds. The molecule has 1 aromatic carbocycles. The van der Waals surface area contributed by atoms with Gasteiger partial charge in [0, 0.05) is 26.2 Å². The summed E-state index contributed by atoms with van der Waals surface area (Å²) in [7, 11) is 0. The van der Waals surface area contributed by atoms with Crippen molar-refractivity contribution in [2.24, 2.45) is 0 Å². The zero-order valence-corrected chi connectivity index (χ0v) is 15.4. The first-order chi connectivity index (χ1) is 12.6. The van der Waals surface area contributed by atoms with Crippen LogP contribution in [0, 0.1) is 0 Å². The van der Waals surface area contributed by atoms with Gasteiger partial charge in [0.2, 0.25) is 11.8 Å². The number of nitrogens with one attached hydrogen (secondary N) is 1. The van der Waals surface area contributed by atoms with Crippen LogP contribution >= 0.6 is 0 Å². The van der Waals surface area contributed by atoms with Gasteiger partial charge in [0.05, 0.1) is 11.6 Å². The van der Waals surface area contributed by atoms with Crippen LogP contribution in [0.25, 0.3) is 0 Å². The van der Waals surface area contributed by atoms with Gasteiger partial charge < -0.3 is 15.0 Å². The van der Waals surface area contributed by atoms with Crippen LogP contribution in [0.5, 0.6) is 0 Å². The molecule has 0 bridgehead atoms. The van der Waals surface area contributed by atoms with E-state index >= 15 is 0 Å². The SMILES string of the molecule is CCN1Cc2ccccc2CC1C(=O)N1CCC2(CC1)CNC(=O)CO2. The molecule has 1 N–H and O–H groups in total. The van der Waals surface area contributed by atoms with Gasteiger partial charge >= 0.3 is 0 Å².